The van der Waals surface area contributed by atoms with E-state index in [-0.39, 0.29) is 0 Å². The topological polar surface area (TPSA) is 59.4 Å². The highest BCUT2D eigenvalue weighted by atomic mass is 15.3. The van der Waals surface area contributed by atoms with Crippen LogP contribution in [-0.4, -0.2) is 25.0 Å². The van der Waals surface area contributed by atoms with Gasteiger partial charge >= 0.3 is 0 Å². The summed E-state index contributed by atoms with van der Waals surface area (Å²) >= 11 is 0. The first-order valence-corrected chi connectivity index (χ1v) is 9.08. The molecule has 1 saturated carbocycles. The third kappa shape index (κ3) is 2.35. The van der Waals surface area contributed by atoms with Crippen LogP contribution in [0.15, 0.2) is 36.7 Å². The van der Waals surface area contributed by atoms with Gasteiger partial charge in [-0.25, -0.2) is 4.98 Å². The average molecular weight is 343 g/mol. The van der Waals surface area contributed by atoms with Crippen LogP contribution in [0.2, 0.25) is 0 Å². The highest BCUT2D eigenvalue weighted by Gasteiger charge is 2.25. The third-order valence-corrected chi connectivity index (χ3v) is 5.38. The average Bonchev–Trinajstić information content (AvgIpc) is 3.22. The van der Waals surface area contributed by atoms with Crippen LogP contribution in [0, 0.1) is 20.8 Å². The Morgan fingerprint density at radius 3 is 2.73 bits per heavy atom. The van der Waals surface area contributed by atoms with Gasteiger partial charge in [-0.05, 0) is 56.4 Å². The molecule has 3 heterocycles. The SMILES string of the molecule is Cc1cc2[nH]nc(-c3cnn(C4CC4)c3)c2nc1-c1cccc(C)c1C. The number of nitrogens with one attached hydrogen (secondary N) is 1. The molecule has 1 aromatic carbocycles. The quantitative estimate of drug-likeness (QED) is 0.584. The summed E-state index contributed by atoms with van der Waals surface area (Å²) in [5.74, 6) is 0. The Bertz CT molecular complexity index is 1130. The predicted molar refractivity (Wildman–Crippen MR) is 103 cm³/mol. The van der Waals surface area contributed by atoms with Crippen molar-refractivity contribution in [3.63, 3.8) is 0 Å². The zero-order valence-corrected chi connectivity index (χ0v) is 15.2. The molecule has 130 valence electrons. The lowest BCUT2D eigenvalue weighted by Crippen LogP contribution is -1.94. The molecule has 5 rings (SSSR count). The maximum Gasteiger partial charge on any atom is 0.122 e. The minimum Gasteiger partial charge on any atom is -0.276 e. The number of pyridine rings is 1. The van der Waals surface area contributed by atoms with E-state index in [9.17, 15) is 0 Å². The summed E-state index contributed by atoms with van der Waals surface area (Å²) in [5.41, 5.74) is 9.67. The van der Waals surface area contributed by atoms with Gasteiger partial charge in [0.15, 0.2) is 0 Å². The summed E-state index contributed by atoms with van der Waals surface area (Å²) in [6, 6.07) is 9.09. The van der Waals surface area contributed by atoms with E-state index in [0.29, 0.717) is 6.04 Å². The van der Waals surface area contributed by atoms with Gasteiger partial charge in [0.05, 0.1) is 23.4 Å². The fraction of sp³-hybridized carbons (Fsp3) is 0.286. The van der Waals surface area contributed by atoms with Gasteiger partial charge in [0.25, 0.3) is 0 Å². The molecule has 0 atom stereocenters. The number of hydrogen-bond donors (Lipinski definition) is 1. The van der Waals surface area contributed by atoms with Crippen LogP contribution in [0.3, 0.4) is 0 Å². The molecular formula is C21H21N5. The first-order chi connectivity index (χ1) is 12.6. The Hall–Kier alpha value is -2.95. The summed E-state index contributed by atoms with van der Waals surface area (Å²) in [7, 11) is 0. The molecule has 4 aromatic rings. The van der Waals surface area contributed by atoms with Gasteiger partial charge in [-0.2, -0.15) is 10.2 Å². The van der Waals surface area contributed by atoms with Gasteiger partial charge in [-0.1, -0.05) is 18.2 Å². The fourth-order valence-corrected chi connectivity index (χ4v) is 3.53. The molecule has 0 bridgehead atoms. The van der Waals surface area contributed by atoms with Gasteiger partial charge in [0.1, 0.15) is 11.2 Å². The summed E-state index contributed by atoms with van der Waals surface area (Å²) < 4.78 is 2.05. The number of rotatable bonds is 3. The Morgan fingerprint density at radius 2 is 1.92 bits per heavy atom. The van der Waals surface area contributed by atoms with E-state index in [2.05, 4.69) is 71.2 Å². The van der Waals surface area contributed by atoms with E-state index >= 15 is 0 Å². The Balaban J connectivity index is 1.68. The number of aromatic nitrogens is 5. The minimum atomic E-state index is 0.565. The smallest absolute Gasteiger partial charge is 0.122 e. The molecule has 3 aromatic heterocycles. The van der Waals surface area contributed by atoms with E-state index in [0.717, 1.165) is 33.5 Å². The summed E-state index contributed by atoms with van der Waals surface area (Å²) in [5, 5.41) is 12.2. The number of aryl methyl sites for hydroxylation is 2. The maximum absolute atomic E-state index is 5.02. The number of aromatic amines is 1. The standard InChI is InChI=1S/C21H21N5/c1-12-5-4-6-17(14(12)3)19-13(2)9-18-21(23-19)20(25-24-18)15-10-22-26(11-15)16-7-8-16/h4-6,9-11,16H,7-8H2,1-3H3,(H,24,25). The number of fused-ring (bicyclic) bond motifs is 1. The number of H-pyrrole nitrogens is 1. The van der Waals surface area contributed by atoms with Gasteiger partial charge < -0.3 is 0 Å². The predicted octanol–water partition coefficient (Wildman–Crippen LogP) is 4.75. The first kappa shape index (κ1) is 15.3. The lowest BCUT2D eigenvalue weighted by molar-refractivity contribution is 0.642. The molecular weight excluding hydrogens is 322 g/mol. The van der Waals surface area contributed by atoms with Gasteiger partial charge in [-0.15, -0.1) is 0 Å². The molecule has 1 aliphatic rings. The van der Waals surface area contributed by atoms with Crippen LogP contribution in [0.1, 0.15) is 35.6 Å². The van der Waals surface area contributed by atoms with Crippen LogP contribution in [-0.2, 0) is 0 Å². The van der Waals surface area contributed by atoms with Crippen LogP contribution < -0.4 is 0 Å². The monoisotopic (exact) mass is 343 g/mol. The molecule has 26 heavy (non-hydrogen) atoms. The van der Waals surface area contributed by atoms with Crippen LogP contribution in [0.25, 0.3) is 33.5 Å². The second kappa shape index (κ2) is 5.53. The van der Waals surface area contributed by atoms with E-state index in [1.165, 1.54) is 29.5 Å². The van der Waals surface area contributed by atoms with Crippen molar-refractivity contribution in [3.8, 4) is 22.5 Å². The molecule has 1 N–H and O–H groups in total. The zero-order chi connectivity index (χ0) is 17.8. The molecule has 0 saturated heterocycles. The van der Waals surface area contributed by atoms with Crippen LogP contribution in [0.4, 0.5) is 0 Å². The number of benzene rings is 1. The molecule has 0 spiro atoms. The molecule has 0 radical (unpaired) electrons. The van der Waals surface area contributed by atoms with E-state index in [1.54, 1.807) is 0 Å². The van der Waals surface area contributed by atoms with Gasteiger partial charge in [0.2, 0.25) is 0 Å². The lowest BCUT2D eigenvalue weighted by Gasteiger charge is -2.11. The third-order valence-electron chi connectivity index (χ3n) is 5.38. The van der Waals surface area contributed by atoms with Gasteiger partial charge in [0, 0.05) is 17.3 Å². The van der Waals surface area contributed by atoms with Crippen molar-refractivity contribution in [2.45, 2.75) is 39.7 Å². The van der Waals surface area contributed by atoms with Crippen LogP contribution in [0.5, 0.6) is 0 Å². The molecule has 0 unspecified atom stereocenters. The largest absolute Gasteiger partial charge is 0.276 e. The van der Waals surface area contributed by atoms with Crippen molar-refractivity contribution < 1.29 is 0 Å². The van der Waals surface area contributed by atoms with Crippen molar-refractivity contribution in [2.24, 2.45) is 0 Å². The van der Waals surface area contributed by atoms with E-state index in [1.807, 2.05) is 6.20 Å². The molecule has 5 heteroatoms. The minimum absolute atomic E-state index is 0.565. The summed E-state index contributed by atoms with van der Waals surface area (Å²) in [6.45, 7) is 6.41. The summed E-state index contributed by atoms with van der Waals surface area (Å²) in [4.78, 5) is 5.02. The van der Waals surface area contributed by atoms with E-state index < -0.39 is 0 Å². The maximum atomic E-state index is 5.02. The molecule has 0 amide bonds. The Labute approximate surface area is 152 Å². The highest BCUT2D eigenvalue weighted by molar-refractivity contribution is 5.91. The molecule has 1 fully saturated rings. The molecule has 0 aliphatic heterocycles. The van der Waals surface area contributed by atoms with E-state index in [4.69, 9.17) is 4.98 Å². The number of nitrogens with zero attached hydrogens (tertiary/aromatic N) is 4. The molecule has 5 nitrogen and oxygen atoms in total. The second-order valence-corrected chi connectivity index (χ2v) is 7.31. The van der Waals surface area contributed by atoms with Crippen molar-refractivity contribution >= 4 is 11.0 Å². The summed E-state index contributed by atoms with van der Waals surface area (Å²) in [6.07, 6.45) is 6.42. The zero-order valence-electron chi connectivity index (χ0n) is 15.2. The van der Waals surface area contributed by atoms with Crippen molar-refractivity contribution in [1.82, 2.24) is 25.0 Å². The highest BCUT2D eigenvalue weighted by Crippen LogP contribution is 2.36. The number of hydrogen-bond acceptors (Lipinski definition) is 3. The van der Waals surface area contributed by atoms with Crippen molar-refractivity contribution in [2.75, 3.05) is 0 Å². The lowest BCUT2D eigenvalue weighted by atomic mass is 9.98. The second-order valence-electron chi connectivity index (χ2n) is 7.31. The van der Waals surface area contributed by atoms with Crippen molar-refractivity contribution in [1.29, 1.82) is 0 Å². The van der Waals surface area contributed by atoms with Crippen LogP contribution >= 0.6 is 0 Å². The Kier molecular flexibility index (Phi) is 3.26. The fourth-order valence-electron chi connectivity index (χ4n) is 3.53. The van der Waals surface area contributed by atoms with Crippen molar-refractivity contribution in [3.05, 3.63) is 53.3 Å². The normalized spacial score (nSPS) is 14.3. The van der Waals surface area contributed by atoms with Gasteiger partial charge in [-0.3, -0.25) is 9.78 Å². The Morgan fingerprint density at radius 1 is 1.08 bits per heavy atom. The first-order valence-electron chi connectivity index (χ1n) is 9.08. The molecule has 1 aliphatic carbocycles.